The molecule has 6 heteroatoms. The van der Waals surface area contributed by atoms with Crippen LogP contribution < -0.4 is 15.2 Å². The van der Waals surface area contributed by atoms with Gasteiger partial charge in [-0.05, 0) is 59.0 Å². The molecule has 0 aromatic heterocycles. The monoisotopic (exact) mass is 440 g/mol. The molecule has 6 nitrogen and oxygen atoms in total. The lowest BCUT2D eigenvalue weighted by Gasteiger charge is -2.18. The van der Waals surface area contributed by atoms with Gasteiger partial charge in [0.2, 0.25) is 0 Å². The van der Waals surface area contributed by atoms with Gasteiger partial charge in [-0.2, -0.15) is 0 Å². The first-order valence-electron chi connectivity index (χ1n) is 10.6. The summed E-state index contributed by atoms with van der Waals surface area (Å²) in [6.07, 6.45) is 1.51. The normalized spacial score (nSPS) is 15.0. The first kappa shape index (κ1) is 22.0. The van der Waals surface area contributed by atoms with Gasteiger partial charge in [0, 0.05) is 0 Å². The molecule has 0 spiro atoms. The highest BCUT2D eigenvalue weighted by Gasteiger charge is 2.34. The van der Waals surface area contributed by atoms with Gasteiger partial charge in [-0.25, -0.2) is 9.80 Å². The van der Waals surface area contributed by atoms with Crippen molar-refractivity contribution in [1.82, 2.24) is 5.43 Å². The van der Waals surface area contributed by atoms with E-state index in [1.165, 1.54) is 11.1 Å². The van der Waals surface area contributed by atoms with Crippen LogP contribution in [0.5, 0.6) is 5.75 Å². The minimum atomic E-state index is -0.474. The number of ether oxygens (including phenoxy) is 1. The van der Waals surface area contributed by atoms with Gasteiger partial charge >= 0.3 is 5.97 Å². The van der Waals surface area contributed by atoms with Crippen molar-refractivity contribution in [2.45, 2.75) is 26.2 Å². The molecule has 1 heterocycles. The minimum Gasteiger partial charge on any atom is -0.423 e. The molecule has 3 aromatic rings. The third kappa shape index (κ3) is 4.85. The van der Waals surface area contributed by atoms with E-state index in [1.54, 1.807) is 60.7 Å². The largest absolute Gasteiger partial charge is 0.423 e. The Labute approximate surface area is 192 Å². The molecule has 3 aromatic carbocycles. The molecule has 0 aliphatic carbocycles. The third-order valence-electron chi connectivity index (χ3n) is 5.29. The van der Waals surface area contributed by atoms with Crippen molar-refractivity contribution < 1.29 is 19.1 Å². The van der Waals surface area contributed by atoms with E-state index in [2.05, 4.69) is 26.2 Å². The molecule has 1 N–H and O–H groups in total. The number of carbonyl (C=O) groups is 3. The highest BCUT2D eigenvalue weighted by atomic mass is 16.5. The zero-order valence-electron chi connectivity index (χ0n) is 18.7. The molecule has 0 saturated carbocycles. The summed E-state index contributed by atoms with van der Waals surface area (Å²) >= 11 is 0. The zero-order chi connectivity index (χ0) is 23.6. The van der Waals surface area contributed by atoms with Gasteiger partial charge in [0.05, 0.1) is 11.3 Å². The summed E-state index contributed by atoms with van der Waals surface area (Å²) in [7, 11) is 0. The summed E-state index contributed by atoms with van der Waals surface area (Å²) in [5.74, 6) is -0.987. The van der Waals surface area contributed by atoms with E-state index in [1.807, 2.05) is 18.2 Å². The third-order valence-corrected chi connectivity index (χ3v) is 5.29. The van der Waals surface area contributed by atoms with Crippen molar-refractivity contribution in [3.05, 3.63) is 101 Å². The molecular formula is C27H24N2O4. The molecule has 0 atom stereocenters. The Bertz CT molecular complexity index is 1220. The molecule has 0 unspecified atom stereocenters. The number of nitrogens with one attached hydrogen (secondary N) is 1. The summed E-state index contributed by atoms with van der Waals surface area (Å²) in [5.41, 5.74) is 5.41. The fourth-order valence-electron chi connectivity index (χ4n) is 3.39. The Morgan fingerprint density at radius 1 is 0.879 bits per heavy atom. The second-order valence-electron chi connectivity index (χ2n) is 8.76. The summed E-state index contributed by atoms with van der Waals surface area (Å²) in [4.78, 5) is 37.5. The van der Waals surface area contributed by atoms with Gasteiger partial charge in [-0.1, -0.05) is 63.2 Å². The summed E-state index contributed by atoms with van der Waals surface area (Å²) < 4.78 is 5.45. The minimum absolute atomic E-state index is 0.00249. The average Bonchev–Trinajstić information content (AvgIpc) is 3.08. The van der Waals surface area contributed by atoms with Crippen LogP contribution in [-0.4, -0.2) is 17.8 Å². The second-order valence-corrected chi connectivity index (χ2v) is 8.76. The van der Waals surface area contributed by atoms with Crippen molar-refractivity contribution in [1.29, 1.82) is 0 Å². The van der Waals surface area contributed by atoms with Gasteiger partial charge < -0.3 is 4.74 Å². The van der Waals surface area contributed by atoms with Crippen LogP contribution in [0.25, 0.3) is 6.08 Å². The topological polar surface area (TPSA) is 75.7 Å². The van der Waals surface area contributed by atoms with Crippen LogP contribution in [0.15, 0.2) is 84.4 Å². The highest BCUT2D eigenvalue weighted by Crippen LogP contribution is 2.24. The zero-order valence-corrected chi connectivity index (χ0v) is 18.7. The van der Waals surface area contributed by atoms with Gasteiger partial charge in [0.15, 0.2) is 0 Å². The smallest absolute Gasteiger partial charge is 0.343 e. The van der Waals surface area contributed by atoms with E-state index in [0.717, 1.165) is 5.56 Å². The lowest BCUT2D eigenvalue weighted by molar-refractivity contribution is -0.117. The predicted octanol–water partition coefficient (Wildman–Crippen LogP) is 4.66. The maximum atomic E-state index is 12.7. The Morgan fingerprint density at radius 3 is 2.12 bits per heavy atom. The molecule has 0 radical (unpaired) electrons. The van der Waals surface area contributed by atoms with Gasteiger partial charge in [0.1, 0.15) is 11.3 Å². The number of carbonyl (C=O) groups excluding carboxylic acids is 3. The van der Waals surface area contributed by atoms with Gasteiger partial charge in [0.25, 0.3) is 11.8 Å². The number of hydrazine groups is 1. The number of para-hydroxylation sites is 1. The van der Waals surface area contributed by atoms with Crippen LogP contribution in [0, 0.1) is 0 Å². The van der Waals surface area contributed by atoms with Crippen LogP contribution in [0.4, 0.5) is 5.69 Å². The molecule has 0 bridgehead atoms. The molecule has 2 amide bonds. The Hall–Kier alpha value is -4.19. The number of hydrogen-bond acceptors (Lipinski definition) is 4. The molecule has 1 aliphatic heterocycles. The van der Waals surface area contributed by atoms with E-state index >= 15 is 0 Å². The second kappa shape index (κ2) is 8.74. The number of hydrogen-bond donors (Lipinski definition) is 1. The van der Waals surface area contributed by atoms with E-state index in [9.17, 15) is 14.4 Å². The molecule has 4 rings (SSSR count). The predicted molar refractivity (Wildman–Crippen MR) is 127 cm³/mol. The fourth-order valence-corrected chi connectivity index (χ4v) is 3.39. The first-order chi connectivity index (χ1) is 15.7. The van der Waals surface area contributed by atoms with Crippen LogP contribution >= 0.6 is 0 Å². The van der Waals surface area contributed by atoms with Crippen molar-refractivity contribution in [3.63, 3.8) is 0 Å². The maximum Gasteiger partial charge on any atom is 0.343 e. The summed E-state index contributed by atoms with van der Waals surface area (Å²) in [6, 6.07) is 22.9. The van der Waals surface area contributed by atoms with Crippen LogP contribution in [0.1, 0.15) is 42.3 Å². The van der Waals surface area contributed by atoms with E-state index in [-0.39, 0.29) is 11.0 Å². The molecule has 1 saturated heterocycles. The molecular weight excluding hydrogens is 416 g/mol. The Morgan fingerprint density at radius 2 is 1.52 bits per heavy atom. The Kier molecular flexibility index (Phi) is 5.84. The van der Waals surface area contributed by atoms with Crippen molar-refractivity contribution in [2.75, 3.05) is 5.01 Å². The number of benzene rings is 3. The van der Waals surface area contributed by atoms with Crippen LogP contribution in [0.2, 0.25) is 0 Å². The number of esters is 1. The van der Waals surface area contributed by atoms with Crippen LogP contribution in [0.3, 0.4) is 0 Å². The van der Waals surface area contributed by atoms with Gasteiger partial charge in [-0.3, -0.25) is 15.0 Å². The van der Waals surface area contributed by atoms with Crippen molar-refractivity contribution >= 4 is 29.5 Å². The molecule has 166 valence electrons. The number of amides is 2. The fraction of sp³-hybridized carbons (Fsp3) is 0.148. The Balaban J connectivity index is 1.45. The molecule has 1 fully saturated rings. The van der Waals surface area contributed by atoms with Gasteiger partial charge in [-0.15, -0.1) is 0 Å². The van der Waals surface area contributed by atoms with E-state index in [4.69, 9.17) is 4.74 Å². The van der Waals surface area contributed by atoms with Crippen molar-refractivity contribution in [3.8, 4) is 5.75 Å². The maximum absolute atomic E-state index is 12.7. The quantitative estimate of drug-likeness (QED) is 0.277. The van der Waals surface area contributed by atoms with Crippen molar-refractivity contribution in [2.24, 2.45) is 0 Å². The summed E-state index contributed by atoms with van der Waals surface area (Å²) in [6.45, 7) is 6.33. The number of nitrogens with zero attached hydrogens (tertiary/aromatic N) is 1. The average molecular weight is 440 g/mol. The standard InChI is InChI=1S/C27H24N2O4/c1-27(2,3)20-13-11-19(12-14-20)26(32)33-22-15-9-18(10-16-22)17-23-24(30)28-29(25(23)31)21-7-5-4-6-8-21/h4-17H,1-3H3,(H,28,30)/b23-17+. The molecule has 33 heavy (non-hydrogen) atoms. The lowest BCUT2D eigenvalue weighted by atomic mass is 9.87. The molecule has 1 aliphatic rings. The number of rotatable bonds is 4. The first-order valence-corrected chi connectivity index (χ1v) is 10.6. The van der Waals surface area contributed by atoms with Crippen LogP contribution in [-0.2, 0) is 15.0 Å². The van der Waals surface area contributed by atoms with E-state index in [0.29, 0.717) is 22.6 Å². The SMILES string of the molecule is CC(C)(C)c1ccc(C(=O)Oc2ccc(/C=C3\C(=O)NN(c4ccccc4)C3=O)cc2)cc1. The lowest BCUT2D eigenvalue weighted by Crippen LogP contribution is -2.35. The summed E-state index contributed by atoms with van der Waals surface area (Å²) in [5, 5.41) is 1.22. The van der Waals surface area contributed by atoms with E-state index < -0.39 is 17.8 Å². The highest BCUT2D eigenvalue weighted by molar-refractivity contribution is 6.31. The number of anilines is 1.